The molecule has 2 N–H and O–H groups in total. The van der Waals surface area contributed by atoms with Crippen LogP contribution in [0.15, 0.2) is 41.4 Å². The number of rotatable bonds is 1. The molecule has 2 aromatic carbocycles. The van der Waals surface area contributed by atoms with Crippen LogP contribution in [0.1, 0.15) is 43.7 Å². The Bertz CT molecular complexity index is 1090. The number of halogens is 2. The minimum atomic E-state index is -0.971. The predicted molar refractivity (Wildman–Crippen MR) is 117 cm³/mol. The third kappa shape index (κ3) is 2.51. The molecule has 30 heavy (non-hydrogen) atoms. The third-order valence-electron chi connectivity index (χ3n) is 7.52. The van der Waals surface area contributed by atoms with Crippen LogP contribution < -0.4 is 5.73 Å². The van der Waals surface area contributed by atoms with E-state index in [1.54, 1.807) is 19.2 Å². The van der Waals surface area contributed by atoms with Crippen LogP contribution in [-0.4, -0.2) is 23.8 Å². The molecular formula is C24H25ClFN3O. The molecule has 1 atom stereocenters. The van der Waals surface area contributed by atoms with E-state index in [0.717, 1.165) is 54.4 Å². The molecule has 6 heteroatoms. The maximum Gasteiger partial charge on any atom is 0.262 e. The van der Waals surface area contributed by atoms with Crippen LogP contribution in [0, 0.1) is 17.2 Å². The van der Waals surface area contributed by atoms with Gasteiger partial charge in [0.1, 0.15) is 5.82 Å². The first-order chi connectivity index (χ1) is 14.3. The molecule has 0 saturated heterocycles. The first-order valence-electron chi connectivity index (χ1n) is 10.5. The van der Waals surface area contributed by atoms with Crippen molar-refractivity contribution in [2.24, 2.45) is 22.1 Å². The van der Waals surface area contributed by atoms with Gasteiger partial charge < -0.3 is 5.73 Å². The summed E-state index contributed by atoms with van der Waals surface area (Å²) in [7, 11) is 1.71. The Morgan fingerprint density at radius 3 is 2.47 bits per heavy atom. The number of carbonyl (C=O) groups is 1. The van der Waals surface area contributed by atoms with E-state index in [-0.39, 0.29) is 22.3 Å². The van der Waals surface area contributed by atoms with Gasteiger partial charge in [-0.05, 0) is 65.6 Å². The Balaban J connectivity index is 1.69. The molecule has 2 aromatic rings. The highest BCUT2D eigenvalue weighted by molar-refractivity contribution is 6.31. The van der Waals surface area contributed by atoms with Crippen molar-refractivity contribution < 1.29 is 9.18 Å². The maximum absolute atomic E-state index is 13.7. The van der Waals surface area contributed by atoms with Crippen molar-refractivity contribution in [1.82, 2.24) is 4.90 Å². The average Bonchev–Trinajstić information content (AvgIpc) is 3.13. The van der Waals surface area contributed by atoms with Gasteiger partial charge in [-0.25, -0.2) is 9.38 Å². The summed E-state index contributed by atoms with van der Waals surface area (Å²) in [4.78, 5) is 20.0. The van der Waals surface area contributed by atoms with Gasteiger partial charge >= 0.3 is 0 Å². The first-order valence-corrected chi connectivity index (χ1v) is 10.9. The number of nitrogens with two attached hydrogens (primary N) is 1. The summed E-state index contributed by atoms with van der Waals surface area (Å²) >= 11 is 6.02. The Morgan fingerprint density at radius 1 is 1.17 bits per heavy atom. The number of carbonyl (C=O) groups excluding carboxylic acids is 1. The van der Waals surface area contributed by atoms with Gasteiger partial charge in [-0.15, -0.1) is 0 Å². The van der Waals surface area contributed by atoms with Crippen LogP contribution >= 0.6 is 11.6 Å². The summed E-state index contributed by atoms with van der Waals surface area (Å²) in [6.45, 7) is 2.28. The van der Waals surface area contributed by atoms with Gasteiger partial charge in [0.25, 0.3) is 5.91 Å². The molecule has 1 amide bonds. The summed E-state index contributed by atoms with van der Waals surface area (Å²) in [5.41, 5.74) is 8.77. The van der Waals surface area contributed by atoms with E-state index in [4.69, 9.17) is 22.3 Å². The maximum atomic E-state index is 13.7. The van der Waals surface area contributed by atoms with Gasteiger partial charge in [-0.3, -0.25) is 9.69 Å². The lowest BCUT2D eigenvalue weighted by Crippen LogP contribution is -2.50. The van der Waals surface area contributed by atoms with Gasteiger partial charge in [-0.1, -0.05) is 49.6 Å². The van der Waals surface area contributed by atoms with Gasteiger partial charge in [0.15, 0.2) is 11.5 Å². The molecule has 0 aromatic heterocycles. The minimum absolute atomic E-state index is 0.0393. The van der Waals surface area contributed by atoms with Crippen LogP contribution in [0.5, 0.6) is 0 Å². The molecule has 3 aliphatic rings. The number of nitrogens with zero attached hydrogens (tertiary/aromatic N) is 2. The van der Waals surface area contributed by atoms with Crippen LogP contribution in [0.4, 0.5) is 4.39 Å². The predicted octanol–water partition coefficient (Wildman–Crippen LogP) is 4.88. The molecule has 1 unspecified atom stereocenters. The zero-order valence-corrected chi connectivity index (χ0v) is 18.0. The van der Waals surface area contributed by atoms with Crippen LogP contribution in [-0.2, 0) is 16.8 Å². The highest BCUT2D eigenvalue weighted by atomic mass is 35.5. The van der Waals surface area contributed by atoms with Gasteiger partial charge in [0.2, 0.25) is 0 Å². The highest BCUT2D eigenvalue weighted by Gasteiger charge is 2.66. The van der Waals surface area contributed by atoms with E-state index in [1.807, 2.05) is 12.1 Å². The Morgan fingerprint density at radius 2 is 1.83 bits per heavy atom. The molecule has 1 saturated carbocycles. The van der Waals surface area contributed by atoms with Crippen molar-refractivity contribution in [2.75, 3.05) is 7.05 Å². The second-order valence-electron chi connectivity index (χ2n) is 9.19. The minimum Gasteiger partial charge on any atom is -0.369 e. The van der Waals surface area contributed by atoms with Crippen molar-refractivity contribution in [3.8, 4) is 11.1 Å². The molecule has 1 aliphatic heterocycles. The van der Waals surface area contributed by atoms with Crippen molar-refractivity contribution in [3.05, 3.63) is 58.4 Å². The van der Waals surface area contributed by atoms with E-state index < -0.39 is 11.4 Å². The lowest BCUT2D eigenvalue weighted by Gasteiger charge is -2.45. The van der Waals surface area contributed by atoms with Crippen LogP contribution in [0.3, 0.4) is 0 Å². The normalized spacial score (nSPS) is 30.3. The summed E-state index contributed by atoms with van der Waals surface area (Å²) < 4.78 is 13.7. The average molecular weight is 426 g/mol. The quantitative estimate of drug-likeness (QED) is 0.707. The van der Waals surface area contributed by atoms with Crippen molar-refractivity contribution >= 4 is 23.5 Å². The van der Waals surface area contributed by atoms with Crippen LogP contribution in [0.25, 0.3) is 11.1 Å². The number of likely N-dealkylation sites (N-methyl/N-ethyl adjacent to an activating group) is 1. The fraction of sp³-hybridized carbons (Fsp3) is 0.417. The molecule has 4 nitrogen and oxygen atoms in total. The van der Waals surface area contributed by atoms with Crippen molar-refractivity contribution in [2.45, 2.75) is 44.6 Å². The summed E-state index contributed by atoms with van der Waals surface area (Å²) in [5, 5.41) is 0.0828. The molecule has 2 spiro atoms. The second kappa shape index (κ2) is 6.55. The lowest BCUT2D eigenvalue weighted by atomic mass is 9.60. The number of guanidine groups is 1. The number of fused-ring (bicyclic) bond motifs is 3. The fourth-order valence-electron chi connectivity index (χ4n) is 5.72. The topological polar surface area (TPSA) is 58.7 Å². The Kier molecular flexibility index (Phi) is 4.27. The largest absolute Gasteiger partial charge is 0.369 e. The molecule has 1 heterocycles. The third-order valence-corrected chi connectivity index (χ3v) is 7.81. The Labute approximate surface area is 180 Å². The number of hydrogen-bond acceptors (Lipinski definition) is 3. The summed E-state index contributed by atoms with van der Waals surface area (Å²) in [6, 6.07) is 10.9. The summed E-state index contributed by atoms with van der Waals surface area (Å²) in [6.07, 6.45) is 4.91. The van der Waals surface area contributed by atoms with Gasteiger partial charge in [0, 0.05) is 12.5 Å². The zero-order valence-electron chi connectivity index (χ0n) is 17.2. The number of aliphatic imine (C=N–C) groups is 1. The molecule has 156 valence electrons. The van der Waals surface area contributed by atoms with Gasteiger partial charge in [-0.2, -0.15) is 0 Å². The molecule has 0 radical (unpaired) electrons. The van der Waals surface area contributed by atoms with Crippen molar-refractivity contribution in [3.63, 3.8) is 0 Å². The fourth-order valence-corrected chi connectivity index (χ4v) is 5.90. The number of benzene rings is 2. The molecule has 5 rings (SSSR count). The highest BCUT2D eigenvalue weighted by Crippen LogP contribution is 2.62. The second-order valence-corrected chi connectivity index (χ2v) is 9.59. The molecule has 2 aliphatic carbocycles. The SMILES string of the molecule is CC1CCC2(CC1)Cc1ccc(-c3ccc(F)c(Cl)c3)cc1C21N=C(N)N(C)C1=O. The van der Waals surface area contributed by atoms with E-state index in [2.05, 4.69) is 13.0 Å². The standard InChI is InChI=1S/C24H25ClFN3O/c1-14-7-9-23(10-8-14)13-17-4-3-15(16-5-6-20(26)19(25)12-16)11-18(17)24(23)21(30)29(2)22(27)28-24/h3-6,11-12,14H,7-10,13H2,1-2H3,(H2,27,28). The molecular weight excluding hydrogens is 401 g/mol. The molecule has 1 fully saturated rings. The van der Waals surface area contributed by atoms with E-state index in [1.165, 1.54) is 11.0 Å². The van der Waals surface area contributed by atoms with E-state index >= 15 is 0 Å². The number of amides is 1. The lowest BCUT2D eigenvalue weighted by molar-refractivity contribution is -0.136. The van der Waals surface area contributed by atoms with Gasteiger partial charge in [0.05, 0.1) is 5.02 Å². The Hall–Kier alpha value is -2.40. The van der Waals surface area contributed by atoms with E-state index in [9.17, 15) is 9.18 Å². The number of hydrogen-bond donors (Lipinski definition) is 1. The molecule has 0 bridgehead atoms. The smallest absolute Gasteiger partial charge is 0.262 e. The van der Waals surface area contributed by atoms with Crippen molar-refractivity contribution in [1.29, 1.82) is 0 Å². The van der Waals surface area contributed by atoms with Crippen LogP contribution in [0.2, 0.25) is 5.02 Å². The monoisotopic (exact) mass is 425 g/mol. The van der Waals surface area contributed by atoms with E-state index in [0.29, 0.717) is 5.92 Å². The zero-order chi connectivity index (χ0) is 21.3. The summed E-state index contributed by atoms with van der Waals surface area (Å²) in [5.74, 6) is 0.450. The first kappa shape index (κ1) is 19.6.